The van der Waals surface area contributed by atoms with E-state index in [2.05, 4.69) is 5.32 Å². The summed E-state index contributed by atoms with van der Waals surface area (Å²) in [6.07, 6.45) is 1.75. The van der Waals surface area contributed by atoms with Gasteiger partial charge in [0, 0.05) is 5.56 Å². The van der Waals surface area contributed by atoms with Crippen LogP contribution in [0.25, 0.3) is 6.08 Å². The van der Waals surface area contributed by atoms with E-state index in [0.717, 1.165) is 5.56 Å². The summed E-state index contributed by atoms with van der Waals surface area (Å²) in [4.78, 5) is 27.2. The topological polar surface area (TPSA) is 67.9 Å². The van der Waals surface area contributed by atoms with E-state index in [0.29, 0.717) is 45.1 Å². The third-order valence-electron chi connectivity index (χ3n) is 4.35. The number of anilines is 1. The molecular weight excluding hydrogens is 396 g/mol. The minimum Gasteiger partial charge on any atom is -0.497 e. The maximum atomic E-state index is 13.1. The maximum absolute atomic E-state index is 13.1. The van der Waals surface area contributed by atoms with Gasteiger partial charge in [-0.2, -0.15) is 0 Å². The molecule has 2 amide bonds. The molecule has 2 aliphatic rings. The second-order valence-corrected chi connectivity index (χ2v) is 7.84. The highest BCUT2D eigenvalue weighted by Gasteiger charge is 2.26. The molecule has 28 heavy (non-hydrogen) atoms. The number of amides is 2. The van der Waals surface area contributed by atoms with Gasteiger partial charge < -0.3 is 19.7 Å². The fourth-order valence-electron chi connectivity index (χ4n) is 3.02. The first-order chi connectivity index (χ1) is 13.5. The van der Waals surface area contributed by atoms with Crippen molar-refractivity contribution in [1.29, 1.82) is 0 Å². The number of nitrogens with one attached hydrogen (secondary N) is 1. The molecule has 0 aromatic heterocycles. The van der Waals surface area contributed by atoms with Crippen molar-refractivity contribution < 1.29 is 19.1 Å². The van der Waals surface area contributed by atoms with Gasteiger partial charge in [0.1, 0.15) is 22.4 Å². The van der Waals surface area contributed by atoms with Crippen molar-refractivity contribution in [3.63, 3.8) is 0 Å². The molecule has 0 bridgehead atoms. The number of fused-ring (bicyclic) bond motifs is 1. The van der Waals surface area contributed by atoms with Crippen LogP contribution in [0.1, 0.15) is 15.9 Å². The number of carbonyl (C=O) groups is 2. The van der Waals surface area contributed by atoms with Crippen LogP contribution in [-0.4, -0.2) is 36.4 Å². The van der Waals surface area contributed by atoms with Crippen molar-refractivity contribution >= 4 is 51.9 Å². The lowest BCUT2D eigenvalue weighted by atomic mass is 10.1. The van der Waals surface area contributed by atoms with Gasteiger partial charge in [0.15, 0.2) is 0 Å². The Bertz CT molecular complexity index is 1020. The Hall–Kier alpha value is -2.84. The van der Waals surface area contributed by atoms with Crippen molar-refractivity contribution in [2.45, 2.75) is 0 Å². The van der Waals surface area contributed by atoms with Gasteiger partial charge in [0.05, 0.1) is 24.2 Å². The van der Waals surface area contributed by atoms with Gasteiger partial charge in [-0.05, 0) is 42.0 Å². The van der Waals surface area contributed by atoms with Crippen LogP contribution in [0.5, 0.6) is 11.5 Å². The molecule has 1 fully saturated rings. The fourth-order valence-corrected chi connectivity index (χ4v) is 4.06. The van der Waals surface area contributed by atoms with E-state index in [4.69, 9.17) is 21.7 Å². The number of thioether (sulfide) groups is 1. The number of rotatable bonds is 3. The molecule has 0 unspecified atom stereocenters. The zero-order valence-corrected chi connectivity index (χ0v) is 16.6. The van der Waals surface area contributed by atoms with Crippen LogP contribution in [0.4, 0.5) is 5.69 Å². The molecule has 2 aromatic rings. The Balaban J connectivity index is 1.68. The van der Waals surface area contributed by atoms with Crippen molar-refractivity contribution in [2.24, 2.45) is 0 Å². The van der Waals surface area contributed by atoms with Crippen molar-refractivity contribution in [2.75, 3.05) is 25.2 Å². The Labute approximate surface area is 171 Å². The van der Waals surface area contributed by atoms with Gasteiger partial charge in [-0.15, -0.1) is 0 Å². The van der Waals surface area contributed by atoms with E-state index in [1.807, 2.05) is 18.2 Å². The third-order valence-corrected chi connectivity index (χ3v) is 5.51. The van der Waals surface area contributed by atoms with Gasteiger partial charge in [-0.25, -0.2) is 0 Å². The lowest BCUT2D eigenvalue weighted by Gasteiger charge is -2.30. The summed E-state index contributed by atoms with van der Waals surface area (Å²) in [5, 5.41) is 2.59. The first kappa shape index (κ1) is 18.5. The lowest BCUT2D eigenvalue weighted by molar-refractivity contribution is -0.115. The molecule has 4 rings (SSSR count). The van der Waals surface area contributed by atoms with E-state index >= 15 is 0 Å². The number of carbonyl (C=O) groups excluding carboxylic acids is 2. The lowest BCUT2D eigenvalue weighted by Crippen LogP contribution is -2.38. The molecule has 0 saturated carbocycles. The number of methoxy groups -OCH3 is 1. The molecule has 2 aliphatic heterocycles. The maximum Gasteiger partial charge on any atom is 0.263 e. The molecule has 2 heterocycles. The second kappa shape index (κ2) is 7.65. The van der Waals surface area contributed by atoms with Gasteiger partial charge in [0.25, 0.3) is 11.8 Å². The van der Waals surface area contributed by atoms with Gasteiger partial charge in [-0.3, -0.25) is 9.59 Å². The predicted molar refractivity (Wildman–Crippen MR) is 113 cm³/mol. The van der Waals surface area contributed by atoms with Crippen LogP contribution < -0.4 is 19.7 Å². The molecular formula is C20H16N2O4S2. The summed E-state index contributed by atoms with van der Waals surface area (Å²) in [5.41, 5.74) is 1.99. The van der Waals surface area contributed by atoms with Crippen LogP contribution in [-0.2, 0) is 4.79 Å². The third kappa shape index (κ3) is 3.61. The average Bonchev–Trinajstić information content (AvgIpc) is 3.03. The SMILES string of the molecule is COc1cccc(C(=O)N2CCOc3ccc(/C=C4\SC(=S)NC4=O)cc32)c1. The monoisotopic (exact) mass is 412 g/mol. The summed E-state index contributed by atoms with van der Waals surface area (Å²) in [6, 6.07) is 12.5. The quantitative estimate of drug-likeness (QED) is 0.617. The van der Waals surface area contributed by atoms with Crippen LogP contribution in [0.15, 0.2) is 47.4 Å². The molecule has 6 nitrogen and oxygen atoms in total. The first-order valence-corrected chi connectivity index (χ1v) is 9.75. The number of hydrogen-bond donors (Lipinski definition) is 1. The van der Waals surface area contributed by atoms with Gasteiger partial charge >= 0.3 is 0 Å². The summed E-state index contributed by atoms with van der Waals surface area (Å²) >= 11 is 6.24. The van der Waals surface area contributed by atoms with Crippen LogP contribution >= 0.6 is 24.0 Å². The Kier molecular flexibility index (Phi) is 5.06. The van der Waals surface area contributed by atoms with E-state index < -0.39 is 0 Å². The van der Waals surface area contributed by atoms with Crippen molar-refractivity contribution in [1.82, 2.24) is 5.32 Å². The van der Waals surface area contributed by atoms with Crippen molar-refractivity contribution in [3.8, 4) is 11.5 Å². The molecule has 0 radical (unpaired) electrons. The molecule has 0 spiro atoms. The van der Waals surface area contributed by atoms with E-state index in [1.54, 1.807) is 42.4 Å². The highest BCUT2D eigenvalue weighted by Crippen LogP contribution is 2.35. The summed E-state index contributed by atoms with van der Waals surface area (Å²) in [7, 11) is 1.57. The minimum atomic E-state index is -0.215. The molecule has 2 aromatic carbocycles. The van der Waals surface area contributed by atoms with Gasteiger partial charge in [0.2, 0.25) is 0 Å². The van der Waals surface area contributed by atoms with E-state index in [9.17, 15) is 9.59 Å². The Morgan fingerprint density at radius 1 is 1.32 bits per heavy atom. The molecule has 1 N–H and O–H groups in total. The zero-order valence-electron chi connectivity index (χ0n) is 14.9. The van der Waals surface area contributed by atoms with Crippen molar-refractivity contribution in [3.05, 3.63) is 58.5 Å². The molecule has 0 atom stereocenters. The summed E-state index contributed by atoms with van der Waals surface area (Å²) < 4.78 is 11.4. The van der Waals surface area contributed by atoms with E-state index in [1.165, 1.54) is 11.8 Å². The number of benzene rings is 2. The molecule has 0 aliphatic carbocycles. The minimum absolute atomic E-state index is 0.137. The molecule has 142 valence electrons. The number of nitrogens with zero attached hydrogens (tertiary/aromatic N) is 1. The largest absolute Gasteiger partial charge is 0.497 e. The Morgan fingerprint density at radius 2 is 2.18 bits per heavy atom. The number of thiocarbonyl (C=S) groups is 1. The fraction of sp³-hybridized carbons (Fsp3) is 0.150. The predicted octanol–water partition coefficient (Wildman–Crippen LogP) is 3.22. The highest BCUT2D eigenvalue weighted by atomic mass is 32.2. The van der Waals surface area contributed by atoms with E-state index in [-0.39, 0.29) is 11.8 Å². The number of hydrogen-bond acceptors (Lipinski definition) is 6. The summed E-state index contributed by atoms with van der Waals surface area (Å²) in [6.45, 7) is 0.845. The first-order valence-electron chi connectivity index (χ1n) is 8.53. The Morgan fingerprint density at radius 3 is 2.93 bits per heavy atom. The van der Waals surface area contributed by atoms with Crippen LogP contribution in [0, 0.1) is 0 Å². The van der Waals surface area contributed by atoms with Crippen LogP contribution in [0.2, 0.25) is 0 Å². The van der Waals surface area contributed by atoms with Gasteiger partial charge in [-0.1, -0.05) is 36.1 Å². The number of ether oxygens (including phenoxy) is 2. The highest BCUT2D eigenvalue weighted by molar-refractivity contribution is 8.26. The summed E-state index contributed by atoms with van der Waals surface area (Å²) in [5.74, 6) is 0.900. The zero-order chi connectivity index (χ0) is 19.7. The normalized spacial score (nSPS) is 17.2. The van der Waals surface area contributed by atoms with Crippen LogP contribution in [0.3, 0.4) is 0 Å². The smallest absolute Gasteiger partial charge is 0.263 e. The molecule has 8 heteroatoms. The molecule has 1 saturated heterocycles. The standard InChI is InChI=1S/C20H16N2O4S2/c1-25-14-4-2-3-13(11-14)19(24)22-7-8-26-16-6-5-12(9-15(16)22)10-17-18(23)21-20(27)28-17/h2-6,9-11H,7-8H2,1H3,(H,21,23,27)/b17-10-. The average molecular weight is 412 g/mol. The second-order valence-electron chi connectivity index (χ2n) is 6.12.